The van der Waals surface area contributed by atoms with Crippen LogP contribution in [-0.2, 0) is 21.7 Å². The van der Waals surface area contributed by atoms with Gasteiger partial charge in [0.25, 0.3) is 0 Å². The van der Waals surface area contributed by atoms with Crippen molar-refractivity contribution in [3.8, 4) is 77.9 Å². The van der Waals surface area contributed by atoms with Crippen LogP contribution < -0.4 is 14.7 Å². The molecule has 0 N–H and O–H groups in total. The molecule has 0 aromatic heterocycles. The summed E-state index contributed by atoms with van der Waals surface area (Å²) in [6.07, 6.45) is 0. The van der Waals surface area contributed by atoms with E-state index in [4.69, 9.17) is 0 Å². The van der Waals surface area contributed by atoms with Gasteiger partial charge in [-0.2, -0.15) is 0 Å². The first-order valence-electron chi connectivity index (χ1n) is 37.9. The van der Waals surface area contributed by atoms with Gasteiger partial charge < -0.3 is 14.7 Å². The van der Waals surface area contributed by atoms with Gasteiger partial charge in [-0.1, -0.05) is 310 Å². The van der Waals surface area contributed by atoms with Crippen molar-refractivity contribution in [3.05, 3.63) is 390 Å². The zero-order valence-corrected chi connectivity index (χ0v) is 61.8. The van der Waals surface area contributed by atoms with Crippen molar-refractivity contribution in [2.45, 2.75) is 77.0 Å². The van der Waals surface area contributed by atoms with Gasteiger partial charge in [-0.3, -0.25) is 0 Å². The number of para-hydroxylation sites is 2. The molecule has 0 radical (unpaired) electrons. The maximum atomic E-state index is 2.60. The second-order valence-electron chi connectivity index (χ2n) is 32.0. The number of anilines is 9. The van der Waals surface area contributed by atoms with Crippen LogP contribution in [0.1, 0.15) is 99.9 Å². The van der Waals surface area contributed by atoms with Crippen molar-refractivity contribution < 1.29 is 0 Å². The molecule has 4 aliphatic rings. The molecule has 0 atom stereocenters. The van der Waals surface area contributed by atoms with E-state index in [0.717, 1.165) is 22.6 Å². The lowest BCUT2D eigenvalue weighted by Gasteiger charge is -2.50. The molecule has 4 heterocycles. The number of hydrogen-bond donors (Lipinski definition) is 0. The van der Waals surface area contributed by atoms with E-state index in [0.29, 0.717) is 0 Å². The quantitative estimate of drug-likeness (QED) is 0.135. The highest BCUT2D eigenvalue weighted by Gasteiger charge is 2.48. The topological polar surface area (TPSA) is 9.72 Å². The minimum Gasteiger partial charge on any atom is -0.310 e. The molecule has 3 heteroatoms. The Labute approximate surface area is 628 Å². The summed E-state index contributed by atoms with van der Waals surface area (Å²) in [6.45, 7) is 19.4. The van der Waals surface area contributed by atoms with Crippen LogP contribution in [0.2, 0.25) is 0 Å². The monoisotopic (exact) mass is 1370 g/mol. The SMILES string of the molecule is CC1(C)c2ccccc2N2c3ccccc3C(C)(C)c3cc(-c4ccc(-c5ccc(N(c6ccc(-c7ccccc7)cc6)c6ccc(-c7ccc(-c8cc9c%10c(c8)C(C)(C)c8cc(-c%11ccccc%11)ccc8N%10c8ccc(-c%10ccccc%10)cc8C9(C)C)c8ccccc78)c7ccccc67)cc5)cc4)cc1c32. The molecule has 3 nitrogen and oxygen atoms in total. The van der Waals surface area contributed by atoms with Gasteiger partial charge >= 0.3 is 0 Å². The standard InChI is InChI=1S/C104H81N3/c1-101(2)86-36-22-24-38-95(86)106-96-39-25-23-37-87(96)102(3,4)91-63-75(62-90(101)99(91)106)72-42-40-69(41-43-72)71-46-52-78(53-47-71)105(77-50-44-70(45-51-77)66-26-12-9-13-27-66)94-59-56-84(82-34-20-21-35-85(82)94)83-55-54-79(80-32-18-19-33-81(80)83)76-64-92-100-93(65-76)104(7,8)89-61-74(68-30-16-11-17-31-68)49-58-98(89)107(100)97-57-48-73(60-88(97)103(92,5)6)67-28-14-10-15-29-67/h9-65H,1-8H3. The number of rotatable bonds is 10. The lowest BCUT2D eigenvalue weighted by molar-refractivity contribution is 0.597. The van der Waals surface area contributed by atoms with Crippen molar-refractivity contribution in [1.82, 2.24) is 0 Å². The van der Waals surface area contributed by atoms with Crippen molar-refractivity contribution in [2.24, 2.45) is 0 Å². The summed E-state index contributed by atoms with van der Waals surface area (Å²) in [5.74, 6) is 0. The van der Waals surface area contributed by atoms with Gasteiger partial charge in [0.2, 0.25) is 0 Å². The molecule has 0 amide bonds. The number of nitrogens with zero attached hydrogens (tertiary/aromatic N) is 3. The molecule has 4 aliphatic heterocycles. The molecular weight excluding hydrogens is 1290 g/mol. The Hall–Kier alpha value is -12.6. The molecule has 16 aromatic carbocycles. The van der Waals surface area contributed by atoms with E-state index in [2.05, 4.69) is 416 Å². The van der Waals surface area contributed by atoms with Crippen LogP contribution >= 0.6 is 0 Å². The third-order valence-corrected chi connectivity index (χ3v) is 24.6. The fourth-order valence-corrected chi connectivity index (χ4v) is 18.8. The summed E-state index contributed by atoms with van der Waals surface area (Å²) in [7, 11) is 0. The molecule has 0 unspecified atom stereocenters. The highest BCUT2D eigenvalue weighted by atomic mass is 15.2. The molecular formula is C104H81N3. The van der Waals surface area contributed by atoms with E-state index >= 15 is 0 Å². The van der Waals surface area contributed by atoms with Gasteiger partial charge in [0, 0.05) is 38.4 Å². The first kappa shape index (κ1) is 64.1. The van der Waals surface area contributed by atoms with E-state index in [9.17, 15) is 0 Å². The third-order valence-electron chi connectivity index (χ3n) is 24.6. The van der Waals surface area contributed by atoms with Gasteiger partial charge in [-0.25, -0.2) is 0 Å². The van der Waals surface area contributed by atoms with Gasteiger partial charge in [0.1, 0.15) is 0 Å². The van der Waals surface area contributed by atoms with Crippen molar-refractivity contribution in [1.29, 1.82) is 0 Å². The molecule has 107 heavy (non-hydrogen) atoms. The molecule has 20 rings (SSSR count). The maximum Gasteiger partial charge on any atom is 0.0544 e. The first-order valence-corrected chi connectivity index (χ1v) is 37.9. The molecule has 0 fully saturated rings. The predicted octanol–water partition coefficient (Wildman–Crippen LogP) is 28.6. The molecule has 0 spiro atoms. The Balaban J connectivity index is 0.682. The van der Waals surface area contributed by atoms with E-state index in [1.165, 1.54) is 173 Å². The predicted molar refractivity (Wildman–Crippen MR) is 452 cm³/mol. The highest BCUT2D eigenvalue weighted by Crippen LogP contribution is 2.64. The Kier molecular flexibility index (Phi) is 14.4. The van der Waals surface area contributed by atoms with Crippen LogP contribution in [0.15, 0.2) is 346 Å². The van der Waals surface area contributed by atoms with Crippen LogP contribution in [0.3, 0.4) is 0 Å². The van der Waals surface area contributed by atoms with E-state index in [-0.39, 0.29) is 21.7 Å². The highest BCUT2D eigenvalue weighted by molar-refractivity contribution is 6.13. The normalized spacial score (nSPS) is 14.8. The Morgan fingerprint density at radius 1 is 0.196 bits per heavy atom. The van der Waals surface area contributed by atoms with Gasteiger partial charge in [0.15, 0.2) is 0 Å². The van der Waals surface area contributed by atoms with E-state index in [1.807, 2.05) is 0 Å². The number of hydrogen-bond acceptors (Lipinski definition) is 3. The van der Waals surface area contributed by atoms with Crippen LogP contribution in [0.4, 0.5) is 51.2 Å². The summed E-state index contributed by atoms with van der Waals surface area (Å²) in [4.78, 5) is 7.59. The fraction of sp³-hybridized carbons (Fsp3) is 0.115. The molecule has 0 saturated heterocycles. The lowest BCUT2D eigenvalue weighted by atomic mass is 9.65. The molecule has 512 valence electrons. The van der Waals surface area contributed by atoms with Crippen LogP contribution in [0.25, 0.3) is 99.4 Å². The summed E-state index contributed by atoms with van der Waals surface area (Å²) in [5, 5.41) is 4.81. The molecule has 0 bridgehead atoms. The average molecular weight is 1370 g/mol. The van der Waals surface area contributed by atoms with Crippen LogP contribution in [-0.4, -0.2) is 0 Å². The summed E-state index contributed by atoms with van der Waals surface area (Å²) in [5.41, 5.74) is 37.4. The van der Waals surface area contributed by atoms with E-state index < -0.39 is 0 Å². The maximum absolute atomic E-state index is 2.60. The van der Waals surface area contributed by atoms with Gasteiger partial charge in [0.05, 0.1) is 39.8 Å². The van der Waals surface area contributed by atoms with Crippen LogP contribution in [0.5, 0.6) is 0 Å². The van der Waals surface area contributed by atoms with Crippen LogP contribution in [0, 0.1) is 0 Å². The minimum absolute atomic E-state index is 0.209. The van der Waals surface area contributed by atoms with Crippen molar-refractivity contribution >= 4 is 72.7 Å². The van der Waals surface area contributed by atoms with Crippen molar-refractivity contribution in [3.63, 3.8) is 0 Å². The fourth-order valence-electron chi connectivity index (χ4n) is 18.8. The number of fused-ring (bicyclic) bond motifs is 10. The largest absolute Gasteiger partial charge is 0.310 e. The van der Waals surface area contributed by atoms with Gasteiger partial charge in [-0.05, 0) is 230 Å². The smallest absolute Gasteiger partial charge is 0.0544 e. The second kappa shape index (κ2) is 24.0. The summed E-state index contributed by atoms with van der Waals surface area (Å²) >= 11 is 0. The summed E-state index contributed by atoms with van der Waals surface area (Å²) in [6, 6.07) is 130. The minimum atomic E-state index is -0.348. The summed E-state index contributed by atoms with van der Waals surface area (Å²) < 4.78 is 0. The molecule has 0 saturated carbocycles. The average Bonchev–Trinajstić information content (AvgIpc) is 0.691. The molecule has 0 aliphatic carbocycles. The van der Waals surface area contributed by atoms with Crippen molar-refractivity contribution in [2.75, 3.05) is 14.7 Å². The van der Waals surface area contributed by atoms with Gasteiger partial charge in [-0.15, -0.1) is 0 Å². The zero-order valence-electron chi connectivity index (χ0n) is 61.8. The Morgan fingerprint density at radius 3 is 0.916 bits per heavy atom. The second-order valence-corrected chi connectivity index (χ2v) is 32.0. The molecule has 16 aromatic rings. The Morgan fingerprint density at radius 2 is 0.477 bits per heavy atom. The Bertz CT molecular complexity index is 6070. The number of benzene rings is 16. The third kappa shape index (κ3) is 9.86. The van der Waals surface area contributed by atoms with E-state index in [1.54, 1.807) is 0 Å². The lowest BCUT2D eigenvalue weighted by Crippen LogP contribution is -2.38. The first-order chi connectivity index (χ1) is 52.1. The zero-order chi connectivity index (χ0) is 72.2.